The quantitative estimate of drug-likeness (QED) is 0.779. The van der Waals surface area contributed by atoms with E-state index in [9.17, 15) is 4.79 Å². The molecule has 2 amide bonds. The Morgan fingerprint density at radius 3 is 2.95 bits per heavy atom. The van der Waals surface area contributed by atoms with Crippen LogP contribution in [-0.2, 0) is 13.6 Å². The van der Waals surface area contributed by atoms with Crippen LogP contribution >= 0.6 is 0 Å². The lowest BCUT2D eigenvalue weighted by Gasteiger charge is -2.10. The first-order chi connectivity index (χ1) is 9.56. The van der Waals surface area contributed by atoms with Crippen molar-refractivity contribution in [2.75, 3.05) is 5.32 Å². The molecule has 7 heteroatoms. The van der Waals surface area contributed by atoms with Crippen LogP contribution < -0.4 is 16.4 Å². The van der Waals surface area contributed by atoms with E-state index in [4.69, 9.17) is 5.73 Å². The average Bonchev–Trinajstić information content (AvgIpc) is 2.82. The molecule has 106 valence electrons. The van der Waals surface area contributed by atoms with Crippen LogP contribution in [0.2, 0.25) is 0 Å². The van der Waals surface area contributed by atoms with Gasteiger partial charge < -0.3 is 20.9 Å². The Morgan fingerprint density at radius 1 is 1.50 bits per heavy atom. The largest absolute Gasteiger partial charge is 0.331 e. The van der Waals surface area contributed by atoms with Crippen molar-refractivity contribution < 1.29 is 4.79 Å². The van der Waals surface area contributed by atoms with Gasteiger partial charge in [0.1, 0.15) is 6.33 Å². The minimum atomic E-state index is -0.296. The molecule has 0 saturated heterocycles. The summed E-state index contributed by atoms with van der Waals surface area (Å²) >= 11 is 0. The molecule has 0 aliphatic carbocycles. The molecule has 1 unspecified atom stereocenters. The number of carbonyl (C=O) groups is 1. The normalized spacial score (nSPS) is 11.9. The van der Waals surface area contributed by atoms with Gasteiger partial charge in [-0.15, -0.1) is 10.2 Å². The van der Waals surface area contributed by atoms with Crippen LogP contribution in [0.25, 0.3) is 0 Å². The third-order valence-corrected chi connectivity index (χ3v) is 2.88. The molecular weight excluding hydrogens is 256 g/mol. The standard InChI is InChI=1S/C13H18N6O/c1-9(14)10-4-3-5-11(6-10)17-13(20)15-7-12-18-16-8-19(12)2/h3-6,8-9H,7,14H2,1-2H3,(H2,15,17,20). The highest BCUT2D eigenvalue weighted by atomic mass is 16.2. The number of rotatable bonds is 4. The number of urea groups is 1. The monoisotopic (exact) mass is 274 g/mol. The summed E-state index contributed by atoms with van der Waals surface area (Å²) < 4.78 is 1.75. The van der Waals surface area contributed by atoms with E-state index in [0.29, 0.717) is 18.1 Å². The van der Waals surface area contributed by atoms with Crippen molar-refractivity contribution in [3.63, 3.8) is 0 Å². The fraction of sp³-hybridized carbons (Fsp3) is 0.308. The first-order valence-electron chi connectivity index (χ1n) is 6.29. The molecule has 1 aromatic heterocycles. The number of benzene rings is 1. The maximum Gasteiger partial charge on any atom is 0.319 e. The maximum absolute atomic E-state index is 11.8. The summed E-state index contributed by atoms with van der Waals surface area (Å²) in [4.78, 5) is 11.8. The number of nitrogens with zero attached hydrogens (tertiary/aromatic N) is 3. The smallest absolute Gasteiger partial charge is 0.319 e. The van der Waals surface area contributed by atoms with Gasteiger partial charge in [-0.25, -0.2) is 4.79 Å². The number of nitrogens with one attached hydrogen (secondary N) is 2. The fourth-order valence-electron chi connectivity index (χ4n) is 1.70. The molecule has 0 saturated carbocycles. The maximum atomic E-state index is 11.8. The number of nitrogens with two attached hydrogens (primary N) is 1. The van der Waals surface area contributed by atoms with Crippen molar-refractivity contribution in [3.8, 4) is 0 Å². The molecule has 0 spiro atoms. The molecule has 0 fully saturated rings. The first kappa shape index (κ1) is 14.0. The van der Waals surface area contributed by atoms with Crippen LogP contribution in [0.1, 0.15) is 24.4 Å². The van der Waals surface area contributed by atoms with Crippen LogP contribution in [0.5, 0.6) is 0 Å². The van der Waals surface area contributed by atoms with E-state index >= 15 is 0 Å². The van der Waals surface area contributed by atoms with Gasteiger partial charge in [0.2, 0.25) is 0 Å². The first-order valence-corrected chi connectivity index (χ1v) is 6.29. The highest BCUT2D eigenvalue weighted by Gasteiger charge is 2.06. The number of aryl methyl sites for hydroxylation is 1. The molecule has 1 heterocycles. The summed E-state index contributed by atoms with van der Waals surface area (Å²) in [5.41, 5.74) is 7.48. The van der Waals surface area contributed by atoms with Crippen LogP contribution in [0.15, 0.2) is 30.6 Å². The van der Waals surface area contributed by atoms with Crippen molar-refractivity contribution in [3.05, 3.63) is 42.0 Å². The lowest BCUT2D eigenvalue weighted by Crippen LogP contribution is -2.29. The van der Waals surface area contributed by atoms with Crippen LogP contribution in [0, 0.1) is 0 Å². The molecule has 1 atom stereocenters. The molecule has 4 N–H and O–H groups in total. The Balaban J connectivity index is 1.91. The van der Waals surface area contributed by atoms with E-state index in [-0.39, 0.29) is 12.1 Å². The fourth-order valence-corrected chi connectivity index (χ4v) is 1.70. The van der Waals surface area contributed by atoms with Gasteiger partial charge >= 0.3 is 6.03 Å². The van der Waals surface area contributed by atoms with Crippen molar-refractivity contribution >= 4 is 11.7 Å². The molecule has 20 heavy (non-hydrogen) atoms. The number of hydrogen-bond donors (Lipinski definition) is 3. The molecule has 7 nitrogen and oxygen atoms in total. The molecular formula is C13H18N6O. The van der Waals surface area contributed by atoms with E-state index in [2.05, 4.69) is 20.8 Å². The predicted molar refractivity (Wildman–Crippen MR) is 75.9 cm³/mol. The zero-order valence-corrected chi connectivity index (χ0v) is 11.5. The summed E-state index contributed by atoms with van der Waals surface area (Å²) in [5, 5.41) is 13.1. The van der Waals surface area contributed by atoms with Gasteiger partial charge in [0.15, 0.2) is 5.82 Å². The minimum Gasteiger partial charge on any atom is -0.331 e. The molecule has 0 aliphatic heterocycles. The Labute approximate surface area is 117 Å². The van der Waals surface area contributed by atoms with Crippen LogP contribution in [0.3, 0.4) is 0 Å². The SMILES string of the molecule is CC(N)c1cccc(NC(=O)NCc2nncn2C)c1. The number of anilines is 1. The van der Waals surface area contributed by atoms with Gasteiger partial charge in [0.25, 0.3) is 0 Å². The number of aromatic nitrogens is 3. The predicted octanol–water partition coefficient (Wildman–Crippen LogP) is 1.16. The Kier molecular flexibility index (Phi) is 4.31. The Morgan fingerprint density at radius 2 is 2.30 bits per heavy atom. The van der Waals surface area contributed by atoms with Crippen LogP contribution in [0.4, 0.5) is 10.5 Å². The Bertz CT molecular complexity index is 592. The summed E-state index contributed by atoms with van der Waals surface area (Å²) in [6, 6.07) is 7.08. The van der Waals surface area contributed by atoms with Crippen molar-refractivity contribution in [1.29, 1.82) is 0 Å². The second-order valence-electron chi connectivity index (χ2n) is 4.58. The highest BCUT2D eigenvalue weighted by Crippen LogP contribution is 2.15. The third-order valence-electron chi connectivity index (χ3n) is 2.88. The summed E-state index contributed by atoms with van der Waals surface area (Å²) in [5.74, 6) is 0.685. The zero-order chi connectivity index (χ0) is 14.5. The van der Waals surface area contributed by atoms with Gasteiger partial charge in [-0.1, -0.05) is 12.1 Å². The number of hydrogen-bond acceptors (Lipinski definition) is 4. The van der Waals surface area contributed by atoms with E-state index in [0.717, 1.165) is 5.56 Å². The van der Waals surface area contributed by atoms with Crippen LogP contribution in [-0.4, -0.2) is 20.8 Å². The van der Waals surface area contributed by atoms with Crippen molar-refractivity contribution in [2.24, 2.45) is 12.8 Å². The van der Waals surface area contributed by atoms with Gasteiger partial charge in [0, 0.05) is 18.8 Å². The molecule has 0 radical (unpaired) electrons. The molecule has 0 aliphatic rings. The van der Waals surface area contributed by atoms with E-state index in [1.165, 1.54) is 0 Å². The van der Waals surface area contributed by atoms with Gasteiger partial charge in [0.05, 0.1) is 6.54 Å². The second-order valence-corrected chi connectivity index (χ2v) is 4.58. The molecule has 1 aromatic carbocycles. The van der Waals surface area contributed by atoms with E-state index < -0.39 is 0 Å². The second kappa shape index (κ2) is 6.16. The molecule has 2 aromatic rings. The van der Waals surface area contributed by atoms with Gasteiger partial charge in [-0.3, -0.25) is 0 Å². The lowest BCUT2D eigenvalue weighted by atomic mass is 10.1. The number of amides is 2. The molecule has 0 bridgehead atoms. The minimum absolute atomic E-state index is 0.0709. The summed E-state index contributed by atoms with van der Waals surface area (Å²) in [6.45, 7) is 2.21. The van der Waals surface area contributed by atoms with E-state index in [1.54, 1.807) is 10.9 Å². The van der Waals surface area contributed by atoms with E-state index in [1.807, 2.05) is 38.2 Å². The third kappa shape index (κ3) is 3.55. The molecule has 2 rings (SSSR count). The van der Waals surface area contributed by atoms with Gasteiger partial charge in [-0.2, -0.15) is 0 Å². The van der Waals surface area contributed by atoms with Crippen molar-refractivity contribution in [2.45, 2.75) is 19.5 Å². The lowest BCUT2D eigenvalue weighted by molar-refractivity contribution is 0.251. The summed E-state index contributed by atoms with van der Waals surface area (Å²) in [7, 11) is 1.82. The van der Waals surface area contributed by atoms with Gasteiger partial charge in [-0.05, 0) is 24.6 Å². The zero-order valence-electron chi connectivity index (χ0n) is 11.5. The summed E-state index contributed by atoms with van der Waals surface area (Å²) in [6.07, 6.45) is 1.58. The highest BCUT2D eigenvalue weighted by molar-refractivity contribution is 5.89. The number of carbonyl (C=O) groups excluding carboxylic acids is 1. The van der Waals surface area contributed by atoms with Crippen molar-refractivity contribution in [1.82, 2.24) is 20.1 Å². The Hall–Kier alpha value is -2.41. The topological polar surface area (TPSA) is 97.9 Å². The average molecular weight is 274 g/mol.